The number of ether oxygens (including phenoxy) is 2. The fraction of sp³-hybridized carbons (Fsp3) is 1.00. The van der Waals surface area contributed by atoms with Crippen LogP contribution in [0, 0.1) is 0 Å². The van der Waals surface area contributed by atoms with Crippen molar-refractivity contribution in [1.29, 1.82) is 0 Å². The zero-order valence-electron chi connectivity index (χ0n) is 9.20. The molecule has 82 valence electrons. The summed E-state index contributed by atoms with van der Waals surface area (Å²) in [4.78, 5) is 0. The monoisotopic (exact) mass is 201 g/mol. The molecule has 14 heavy (non-hydrogen) atoms. The van der Waals surface area contributed by atoms with Crippen molar-refractivity contribution in [2.45, 2.75) is 63.3 Å². The van der Waals surface area contributed by atoms with E-state index in [1.807, 2.05) is 27.7 Å². The van der Waals surface area contributed by atoms with Gasteiger partial charge in [0.1, 0.15) is 11.2 Å². The molecule has 4 atom stereocenters. The van der Waals surface area contributed by atoms with E-state index in [4.69, 9.17) is 15.2 Å². The molecule has 0 spiro atoms. The van der Waals surface area contributed by atoms with E-state index < -0.39 is 23.1 Å². The molecule has 0 radical (unpaired) electrons. The van der Waals surface area contributed by atoms with E-state index in [-0.39, 0.29) is 6.04 Å². The summed E-state index contributed by atoms with van der Waals surface area (Å²) < 4.78 is 11.6. The Kier molecular flexibility index (Phi) is 1.85. The molecule has 4 heteroatoms. The molecule has 2 rings (SSSR count). The van der Waals surface area contributed by atoms with Crippen molar-refractivity contribution in [1.82, 2.24) is 0 Å². The summed E-state index contributed by atoms with van der Waals surface area (Å²) in [6.07, 6.45) is -0.0208. The van der Waals surface area contributed by atoms with Gasteiger partial charge < -0.3 is 20.3 Å². The van der Waals surface area contributed by atoms with Gasteiger partial charge in [0.25, 0.3) is 0 Å². The third kappa shape index (κ3) is 1.03. The Morgan fingerprint density at radius 1 is 1.14 bits per heavy atom. The molecule has 2 aliphatic rings. The fourth-order valence-electron chi connectivity index (χ4n) is 2.78. The van der Waals surface area contributed by atoms with Crippen LogP contribution in [0.3, 0.4) is 0 Å². The SMILES string of the molecule is CC1(C)O[C@@]2(C)[C@@H](O)C[C@@H](N)[C@@]2(C)O1. The quantitative estimate of drug-likeness (QED) is 0.594. The first-order chi connectivity index (χ1) is 6.21. The summed E-state index contributed by atoms with van der Waals surface area (Å²) in [6, 6.07) is -0.177. The lowest BCUT2D eigenvalue weighted by Gasteiger charge is -2.34. The van der Waals surface area contributed by atoms with E-state index in [2.05, 4.69) is 0 Å². The van der Waals surface area contributed by atoms with Gasteiger partial charge in [0.15, 0.2) is 5.79 Å². The maximum Gasteiger partial charge on any atom is 0.164 e. The van der Waals surface area contributed by atoms with Crippen molar-refractivity contribution >= 4 is 0 Å². The van der Waals surface area contributed by atoms with Gasteiger partial charge in [-0.15, -0.1) is 0 Å². The third-order valence-electron chi connectivity index (χ3n) is 3.72. The van der Waals surface area contributed by atoms with Gasteiger partial charge in [0.05, 0.1) is 6.10 Å². The van der Waals surface area contributed by atoms with Gasteiger partial charge >= 0.3 is 0 Å². The van der Waals surface area contributed by atoms with E-state index in [0.29, 0.717) is 6.42 Å². The number of fused-ring (bicyclic) bond motifs is 1. The van der Waals surface area contributed by atoms with Crippen molar-refractivity contribution in [3.63, 3.8) is 0 Å². The molecule has 0 unspecified atom stereocenters. The van der Waals surface area contributed by atoms with Crippen LogP contribution in [0.1, 0.15) is 34.1 Å². The minimum atomic E-state index is -0.685. The molecule has 0 amide bonds. The molecule has 1 saturated carbocycles. The fourth-order valence-corrected chi connectivity index (χ4v) is 2.78. The minimum Gasteiger partial charge on any atom is -0.390 e. The van der Waals surface area contributed by atoms with E-state index in [1.165, 1.54) is 0 Å². The number of aliphatic hydroxyl groups excluding tert-OH is 1. The van der Waals surface area contributed by atoms with Crippen LogP contribution >= 0.6 is 0 Å². The highest BCUT2D eigenvalue weighted by molar-refractivity contribution is 5.17. The zero-order valence-corrected chi connectivity index (χ0v) is 9.20. The Hall–Kier alpha value is -0.160. The second-order valence-electron chi connectivity index (χ2n) is 5.18. The summed E-state index contributed by atoms with van der Waals surface area (Å²) in [7, 11) is 0. The molecule has 3 N–H and O–H groups in total. The molecule has 0 aromatic heterocycles. The Balaban J connectivity index is 2.42. The first-order valence-corrected chi connectivity index (χ1v) is 5.05. The Labute approximate surface area is 84.4 Å². The average Bonchev–Trinajstić information content (AvgIpc) is 2.26. The van der Waals surface area contributed by atoms with Gasteiger partial charge in [-0.25, -0.2) is 0 Å². The molecular formula is C10H19NO3. The van der Waals surface area contributed by atoms with Crippen molar-refractivity contribution in [2.24, 2.45) is 5.73 Å². The molecule has 1 saturated heterocycles. The van der Waals surface area contributed by atoms with Crippen LogP contribution in [0.4, 0.5) is 0 Å². The van der Waals surface area contributed by atoms with E-state index >= 15 is 0 Å². The number of hydrogen-bond acceptors (Lipinski definition) is 4. The molecule has 0 aromatic rings. The predicted molar refractivity (Wildman–Crippen MR) is 51.7 cm³/mol. The van der Waals surface area contributed by atoms with Gasteiger partial charge in [0, 0.05) is 6.04 Å². The molecule has 2 fully saturated rings. The van der Waals surface area contributed by atoms with E-state index in [9.17, 15) is 5.11 Å². The third-order valence-corrected chi connectivity index (χ3v) is 3.72. The maximum absolute atomic E-state index is 9.94. The van der Waals surface area contributed by atoms with Crippen LogP contribution in [0.15, 0.2) is 0 Å². The zero-order chi connectivity index (χ0) is 10.8. The molecule has 0 aromatic carbocycles. The first-order valence-electron chi connectivity index (χ1n) is 5.05. The Morgan fingerprint density at radius 2 is 1.64 bits per heavy atom. The van der Waals surface area contributed by atoms with Crippen LogP contribution in [0.25, 0.3) is 0 Å². The summed E-state index contributed by atoms with van der Waals surface area (Å²) in [5, 5.41) is 9.94. The molecule has 1 heterocycles. The number of rotatable bonds is 0. The lowest BCUT2D eigenvalue weighted by atomic mass is 9.87. The normalized spacial score (nSPS) is 56.1. The molecule has 0 bridgehead atoms. The highest BCUT2D eigenvalue weighted by atomic mass is 16.8. The van der Waals surface area contributed by atoms with Crippen molar-refractivity contribution in [2.75, 3.05) is 0 Å². The summed E-state index contributed by atoms with van der Waals surface area (Å²) >= 11 is 0. The van der Waals surface area contributed by atoms with Crippen molar-refractivity contribution in [3.8, 4) is 0 Å². The van der Waals surface area contributed by atoms with Gasteiger partial charge in [-0.05, 0) is 34.1 Å². The molecule has 1 aliphatic heterocycles. The standard InChI is InChI=1S/C10H19NO3/c1-8(2)13-9(3)6(11)5-7(12)10(9,4)14-8/h6-7,12H,5,11H2,1-4H3/t6-,7+,9-,10+/m1/s1. The second kappa shape index (κ2) is 2.50. The van der Waals surface area contributed by atoms with Crippen LogP contribution in [-0.2, 0) is 9.47 Å². The predicted octanol–water partition coefficient (Wildman–Crippen LogP) is 0.379. The lowest BCUT2D eigenvalue weighted by molar-refractivity contribution is -0.187. The van der Waals surface area contributed by atoms with Gasteiger partial charge in [-0.2, -0.15) is 0 Å². The largest absolute Gasteiger partial charge is 0.390 e. The Bertz CT molecular complexity index is 244. The lowest BCUT2D eigenvalue weighted by Crippen LogP contribution is -2.54. The summed E-state index contributed by atoms with van der Waals surface area (Å²) in [6.45, 7) is 7.49. The van der Waals surface area contributed by atoms with Crippen LogP contribution in [0.2, 0.25) is 0 Å². The number of nitrogens with two attached hydrogens (primary N) is 1. The van der Waals surface area contributed by atoms with Crippen molar-refractivity contribution < 1.29 is 14.6 Å². The van der Waals surface area contributed by atoms with E-state index in [0.717, 1.165) is 0 Å². The highest BCUT2D eigenvalue weighted by Gasteiger charge is 2.68. The smallest absolute Gasteiger partial charge is 0.164 e. The van der Waals surface area contributed by atoms with Gasteiger partial charge in [-0.1, -0.05) is 0 Å². The van der Waals surface area contributed by atoms with Gasteiger partial charge in [-0.3, -0.25) is 0 Å². The van der Waals surface area contributed by atoms with Crippen molar-refractivity contribution in [3.05, 3.63) is 0 Å². The maximum atomic E-state index is 9.94. The molecular weight excluding hydrogens is 182 g/mol. The summed E-state index contributed by atoms with van der Waals surface area (Å²) in [5.41, 5.74) is 4.71. The topological polar surface area (TPSA) is 64.7 Å². The first kappa shape index (κ1) is 10.4. The van der Waals surface area contributed by atoms with Crippen LogP contribution in [-0.4, -0.2) is 34.2 Å². The second-order valence-corrected chi connectivity index (χ2v) is 5.18. The average molecular weight is 201 g/mol. The minimum absolute atomic E-state index is 0.177. The number of aliphatic hydroxyl groups is 1. The van der Waals surface area contributed by atoms with Crippen LogP contribution in [0.5, 0.6) is 0 Å². The van der Waals surface area contributed by atoms with Crippen LogP contribution < -0.4 is 5.73 Å². The Morgan fingerprint density at radius 3 is 2.14 bits per heavy atom. The molecule has 1 aliphatic carbocycles. The summed E-state index contributed by atoms with van der Waals surface area (Å²) in [5.74, 6) is -0.664. The van der Waals surface area contributed by atoms with Gasteiger partial charge in [0.2, 0.25) is 0 Å². The highest BCUT2D eigenvalue weighted by Crippen LogP contribution is 2.52. The molecule has 4 nitrogen and oxygen atoms in total. The number of hydrogen-bond donors (Lipinski definition) is 2. The van der Waals surface area contributed by atoms with E-state index in [1.54, 1.807) is 0 Å².